The Morgan fingerprint density at radius 2 is 1.96 bits per heavy atom. The minimum absolute atomic E-state index is 0.322. The van der Waals surface area contributed by atoms with Crippen LogP contribution in [0.2, 0.25) is 0 Å². The van der Waals surface area contributed by atoms with Crippen molar-refractivity contribution >= 4 is 29.4 Å². The summed E-state index contributed by atoms with van der Waals surface area (Å²) in [5.74, 6) is 1.34. The van der Waals surface area contributed by atoms with Crippen molar-refractivity contribution in [2.45, 2.75) is 19.9 Å². The van der Waals surface area contributed by atoms with E-state index in [4.69, 9.17) is 4.74 Å². The highest BCUT2D eigenvalue weighted by atomic mass is 32.2. The van der Waals surface area contributed by atoms with Crippen LogP contribution in [-0.4, -0.2) is 44.2 Å². The molecule has 2 rings (SSSR count). The molecule has 1 atom stereocenters. The van der Waals surface area contributed by atoms with Gasteiger partial charge in [0.15, 0.2) is 0 Å². The van der Waals surface area contributed by atoms with Crippen LogP contribution in [0.25, 0.3) is 0 Å². The summed E-state index contributed by atoms with van der Waals surface area (Å²) >= 11 is 1.72. The molecular formula is C18H25N3O3S. The Labute approximate surface area is 153 Å². The summed E-state index contributed by atoms with van der Waals surface area (Å²) in [5, 5.41) is 5.47. The van der Waals surface area contributed by atoms with Crippen molar-refractivity contribution in [2.75, 3.05) is 37.1 Å². The van der Waals surface area contributed by atoms with E-state index in [2.05, 4.69) is 17.6 Å². The average molecular weight is 363 g/mol. The normalized spacial score (nSPS) is 17.0. The lowest BCUT2D eigenvalue weighted by atomic mass is 9.95. The van der Waals surface area contributed by atoms with E-state index in [0.29, 0.717) is 17.9 Å². The van der Waals surface area contributed by atoms with Gasteiger partial charge < -0.3 is 20.3 Å². The van der Waals surface area contributed by atoms with Crippen LogP contribution in [0.15, 0.2) is 35.5 Å². The molecule has 0 unspecified atom stereocenters. The fraction of sp³-hybridized carbons (Fsp3) is 0.444. The van der Waals surface area contributed by atoms with Crippen molar-refractivity contribution in [3.63, 3.8) is 0 Å². The maximum Gasteiger partial charge on any atom is 0.338 e. The largest absolute Gasteiger partial charge is 0.461 e. The number of rotatable bonds is 7. The molecule has 1 heterocycles. The number of carbonyl (C=O) groups excluding carboxylic acids is 2. The predicted molar refractivity (Wildman–Crippen MR) is 102 cm³/mol. The molecule has 0 fully saturated rings. The number of urea groups is 1. The molecule has 0 aliphatic carbocycles. The second kappa shape index (κ2) is 8.80. The predicted octanol–water partition coefficient (Wildman–Crippen LogP) is 2.68. The lowest BCUT2D eigenvalue weighted by Gasteiger charge is -2.28. The minimum atomic E-state index is -0.517. The van der Waals surface area contributed by atoms with Crippen molar-refractivity contribution in [1.82, 2.24) is 10.6 Å². The van der Waals surface area contributed by atoms with Crippen LogP contribution in [0, 0.1) is 0 Å². The van der Waals surface area contributed by atoms with Gasteiger partial charge in [0.05, 0.1) is 11.6 Å². The van der Waals surface area contributed by atoms with E-state index in [-0.39, 0.29) is 6.03 Å². The van der Waals surface area contributed by atoms with Crippen LogP contribution in [0.3, 0.4) is 0 Å². The topological polar surface area (TPSA) is 70.7 Å². The van der Waals surface area contributed by atoms with Gasteiger partial charge in [-0.2, -0.15) is 11.8 Å². The zero-order valence-electron chi connectivity index (χ0n) is 15.1. The van der Waals surface area contributed by atoms with E-state index in [9.17, 15) is 9.59 Å². The number of ether oxygens (including phenoxy) is 1. The standard InChI is InChI=1S/C18H25N3O3S/c1-5-25-11-10-24-17(22)15-12(2)19-18(23)20-16(15)13-6-8-14(9-7-13)21(3)4/h6-9,16H,5,10-11H2,1-4H3,(H2,19,20,23)/t16-/m1/s1. The zero-order chi connectivity index (χ0) is 18.4. The summed E-state index contributed by atoms with van der Waals surface area (Å²) in [7, 11) is 3.92. The van der Waals surface area contributed by atoms with Crippen LogP contribution in [0.1, 0.15) is 25.5 Å². The fourth-order valence-electron chi connectivity index (χ4n) is 2.59. The van der Waals surface area contributed by atoms with Gasteiger partial charge in [-0.25, -0.2) is 9.59 Å². The van der Waals surface area contributed by atoms with E-state index in [1.165, 1.54) is 0 Å². The van der Waals surface area contributed by atoms with Crippen molar-refractivity contribution in [3.8, 4) is 0 Å². The lowest BCUT2D eigenvalue weighted by molar-refractivity contribution is -0.138. The van der Waals surface area contributed by atoms with Crippen molar-refractivity contribution in [3.05, 3.63) is 41.1 Å². The molecule has 7 heteroatoms. The maximum absolute atomic E-state index is 12.5. The first kappa shape index (κ1) is 19.2. The average Bonchev–Trinajstić information content (AvgIpc) is 2.58. The van der Waals surface area contributed by atoms with E-state index in [0.717, 1.165) is 22.8 Å². The molecule has 0 radical (unpaired) electrons. The maximum atomic E-state index is 12.5. The second-order valence-corrected chi connectivity index (χ2v) is 7.28. The molecule has 0 bridgehead atoms. The molecule has 0 saturated carbocycles. The highest BCUT2D eigenvalue weighted by Crippen LogP contribution is 2.28. The molecule has 0 spiro atoms. The third-order valence-electron chi connectivity index (χ3n) is 3.90. The molecular weight excluding hydrogens is 338 g/mol. The Kier molecular flexibility index (Phi) is 6.75. The lowest BCUT2D eigenvalue weighted by Crippen LogP contribution is -2.45. The number of hydrogen-bond acceptors (Lipinski definition) is 5. The fourth-order valence-corrected chi connectivity index (χ4v) is 3.08. The number of allylic oxidation sites excluding steroid dienone is 1. The number of nitrogens with one attached hydrogen (secondary N) is 2. The number of amides is 2. The molecule has 25 heavy (non-hydrogen) atoms. The van der Waals surface area contributed by atoms with E-state index >= 15 is 0 Å². The molecule has 1 aliphatic rings. The summed E-state index contributed by atoms with van der Waals surface area (Å²) < 4.78 is 5.39. The number of hydrogen-bond donors (Lipinski definition) is 2. The quantitative estimate of drug-likeness (QED) is 0.576. The Hall–Kier alpha value is -2.15. The monoisotopic (exact) mass is 363 g/mol. The van der Waals surface area contributed by atoms with Crippen LogP contribution in [0.4, 0.5) is 10.5 Å². The molecule has 2 N–H and O–H groups in total. The third-order valence-corrected chi connectivity index (χ3v) is 4.76. The van der Waals surface area contributed by atoms with Crippen molar-refractivity contribution in [2.24, 2.45) is 0 Å². The van der Waals surface area contributed by atoms with Gasteiger partial charge in [0, 0.05) is 31.2 Å². The SMILES string of the molecule is CCSCCOC(=O)C1=C(C)NC(=O)N[C@@H]1c1ccc(N(C)C)cc1. The first-order valence-corrected chi connectivity index (χ1v) is 9.40. The molecule has 2 amide bonds. The highest BCUT2D eigenvalue weighted by Gasteiger charge is 2.32. The number of anilines is 1. The Morgan fingerprint density at radius 1 is 1.28 bits per heavy atom. The summed E-state index contributed by atoms with van der Waals surface area (Å²) in [5.41, 5.74) is 2.86. The Bertz CT molecular complexity index is 656. The highest BCUT2D eigenvalue weighted by molar-refractivity contribution is 7.99. The number of thioether (sulfide) groups is 1. The zero-order valence-corrected chi connectivity index (χ0v) is 15.9. The van der Waals surface area contributed by atoms with E-state index in [1.54, 1.807) is 18.7 Å². The summed E-state index contributed by atoms with van der Waals surface area (Å²) in [6.07, 6.45) is 0. The van der Waals surface area contributed by atoms with Gasteiger partial charge in [0.25, 0.3) is 0 Å². The summed E-state index contributed by atoms with van der Waals surface area (Å²) in [4.78, 5) is 26.4. The van der Waals surface area contributed by atoms with Crippen LogP contribution >= 0.6 is 11.8 Å². The second-order valence-electron chi connectivity index (χ2n) is 5.89. The smallest absolute Gasteiger partial charge is 0.338 e. The molecule has 6 nitrogen and oxygen atoms in total. The van der Waals surface area contributed by atoms with Crippen LogP contribution < -0.4 is 15.5 Å². The Balaban J connectivity index is 2.22. The van der Waals surface area contributed by atoms with Gasteiger partial charge in [0.2, 0.25) is 0 Å². The Morgan fingerprint density at radius 3 is 2.56 bits per heavy atom. The molecule has 0 aromatic heterocycles. The van der Waals surface area contributed by atoms with E-state index < -0.39 is 12.0 Å². The molecule has 1 aromatic carbocycles. The van der Waals surface area contributed by atoms with Crippen molar-refractivity contribution in [1.29, 1.82) is 0 Å². The van der Waals surface area contributed by atoms with Crippen molar-refractivity contribution < 1.29 is 14.3 Å². The van der Waals surface area contributed by atoms with E-state index in [1.807, 2.05) is 43.3 Å². The number of benzene rings is 1. The number of nitrogens with zero attached hydrogens (tertiary/aromatic N) is 1. The first-order chi connectivity index (χ1) is 11.9. The van der Waals surface area contributed by atoms with Gasteiger partial charge in [-0.05, 0) is 30.4 Å². The number of carbonyl (C=O) groups is 2. The van der Waals surface area contributed by atoms with Gasteiger partial charge in [-0.1, -0.05) is 19.1 Å². The third kappa shape index (κ3) is 4.92. The van der Waals surface area contributed by atoms with Gasteiger partial charge in [0.1, 0.15) is 6.61 Å². The summed E-state index contributed by atoms with van der Waals surface area (Å²) in [6, 6.07) is 6.91. The van der Waals surface area contributed by atoms with Crippen LogP contribution in [0.5, 0.6) is 0 Å². The molecule has 136 valence electrons. The summed E-state index contributed by atoms with van der Waals surface area (Å²) in [6.45, 7) is 4.14. The number of esters is 1. The molecule has 0 saturated heterocycles. The molecule has 1 aromatic rings. The first-order valence-electron chi connectivity index (χ1n) is 8.24. The molecule has 1 aliphatic heterocycles. The minimum Gasteiger partial charge on any atom is -0.461 e. The van der Waals surface area contributed by atoms with Crippen LogP contribution in [-0.2, 0) is 9.53 Å². The van der Waals surface area contributed by atoms with Gasteiger partial charge in [-0.15, -0.1) is 0 Å². The van der Waals surface area contributed by atoms with Gasteiger partial charge in [-0.3, -0.25) is 0 Å². The van der Waals surface area contributed by atoms with Gasteiger partial charge >= 0.3 is 12.0 Å².